The molecule has 20 rings (SSSR count). The second kappa shape index (κ2) is 22.4. The molecule has 6 heterocycles. The van der Waals surface area contributed by atoms with Gasteiger partial charge in [-0.15, -0.1) is 45.3 Å². The van der Waals surface area contributed by atoms with E-state index < -0.39 is 0 Å². The summed E-state index contributed by atoms with van der Waals surface area (Å²) in [5.74, 6) is 0. The summed E-state index contributed by atoms with van der Waals surface area (Å²) in [6.45, 7) is 0. The molecule has 14 aromatic carbocycles. The maximum atomic E-state index is 2.44. The van der Waals surface area contributed by atoms with Crippen molar-refractivity contribution in [3.05, 3.63) is 328 Å². The lowest BCUT2D eigenvalue weighted by Crippen LogP contribution is -1.92. The first kappa shape index (κ1) is 54.7. The number of fused-ring (bicyclic) bond motifs is 16. The molecule has 0 amide bonds. The molecule has 0 aliphatic heterocycles. The number of para-hydroxylation sites is 4. The minimum Gasteiger partial charge on any atom is -0.308 e. The fourth-order valence-electron chi connectivity index (χ4n) is 14.3. The lowest BCUT2D eigenvalue weighted by molar-refractivity contribution is 1.19. The van der Waals surface area contributed by atoms with Crippen LogP contribution in [0.4, 0.5) is 0 Å². The van der Waals surface area contributed by atoms with Crippen molar-refractivity contribution < 1.29 is 0 Å². The highest BCUT2D eigenvalue weighted by atomic mass is 32.1. The van der Waals surface area contributed by atoms with E-state index in [9.17, 15) is 0 Å². The Hall–Kier alpha value is -11.0. The smallest absolute Gasteiger partial charge is 0.0727 e. The molecule has 0 atom stereocenters. The van der Waals surface area contributed by atoms with Crippen molar-refractivity contribution in [1.82, 2.24) is 9.13 Å². The second-order valence-electron chi connectivity index (χ2n) is 24.2. The molecule has 440 valence electrons. The van der Waals surface area contributed by atoms with Gasteiger partial charge < -0.3 is 9.13 Å². The summed E-state index contributed by atoms with van der Waals surface area (Å²) in [5, 5.41) is 10.5. The molecule has 0 saturated carbocycles. The minimum absolute atomic E-state index is 1.19. The van der Waals surface area contributed by atoms with Crippen LogP contribution in [0.1, 0.15) is 0 Å². The summed E-state index contributed by atoms with van der Waals surface area (Å²) in [7, 11) is 0. The van der Waals surface area contributed by atoms with Gasteiger partial charge in [0.25, 0.3) is 0 Å². The van der Waals surface area contributed by atoms with Crippen molar-refractivity contribution in [2.24, 2.45) is 0 Å². The van der Waals surface area contributed by atoms with Crippen LogP contribution in [0.3, 0.4) is 0 Å². The van der Waals surface area contributed by atoms with Crippen molar-refractivity contribution in [1.29, 1.82) is 0 Å². The number of aromatic nitrogens is 2. The zero-order valence-electron chi connectivity index (χ0n) is 50.7. The van der Waals surface area contributed by atoms with Crippen LogP contribution in [-0.4, -0.2) is 9.13 Å². The number of rotatable bonds is 8. The Labute approximate surface area is 558 Å². The summed E-state index contributed by atoms with van der Waals surface area (Å²) in [4.78, 5) is 0. The van der Waals surface area contributed by atoms with Gasteiger partial charge in [0, 0.05) is 82.7 Å². The van der Waals surface area contributed by atoms with Crippen LogP contribution in [0, 0.1) is 0 Å². The average molecular weight is 1270 g/mol. The molecular formula is C88H54N2S4. The van der Waals surface area contributed by atoms with E-state index in [1.54, 1.807) is 0 Å². The third-order valence-corrected chi connectivity index (χ3v) is 23.6. The van der Waals surface area contributed by atoms with Crippen molar-refractivity contribution in [3.63, 3.8) is 0 Å². The molecule has 20 aromatic rings. The quantitative estimate of drug-likeness (QED) is 0.143. The van der Waals surface area contributed by atoms with Gasteiger partial charge in [-0.1, -0.05) is 255 Å². The van der Waals surface area contributed by atoms with Crippen molar-refractivity contribution >= 4 is 148 Å². The van der Waals surface area contributed by atoms with Gasteiger partial charge in [-0.2, -0.15) is 0 Å². The number of thiophene rings is 4. The van der Waals surface area contributed by atoms with E-state index in [0.717, 1.165) is 0 Å². The van der Waals surface area contributed by atoms with Crippen LogP contribution in [0.25, 0.3) is 181 Å². The van der Waals surface area contributed by atoms with Crippen LogP contribution >= 0.6 is 45.3 Å². The molecule has 6 heteroatoms. The van der Waals surface area contributed by atoms with E-state index in [4.69, 9.17) is 0 Å². The molecular weight excluding hydrogens is 1210 g/mol. The minimum atomic E-state index is 1.19. The molecule has 0 radical (unpaired) electrons. The number of benzene rings is 14. The third kappa shape index (κ3) is 9.09. The Morgan fingerprint density at radius 3 is 0.979 bits per heavy atom. The fraction of sp³-hybridized carbons (Fsp3) is 0. The van der Waals surface area contributed by atoms with Crippen molar-refractivity contribution in [3.8, 4) is 78.1 Å². The van der Waals surface area contributed by atoms with E-state index in [2.05, 4.69) is 337 Å². The van der Waals surface area contributed by atoms with Crippen molar-refractivity contribution in [2.45, 2.75) is 0 Å². The summed E-state index contributed by atoms with van der Waals surface area (Å²) >= 11 is 7.58. The standard InChI is InChI=1S/2C44H27NS2/c1-3-11-29(12-4-1)33-16-9-18-35-36-19-10-17-34(43(36)47-42(33)35)30-23-21-28(22-24-30)31-25-26-40-38(27-31)41-44(46-40)37-15-7-8-20-39(37)45(41)32-13-5-2-6-14-32;1-3-9-28(10-4-1)32-19-22-35-36-23-20-33(27-42(36)46-41(35)26-32)30-17-15-29(16-18-30)31-21-24-40-38(25-31)43-44(47-40)37-13-7-8-14-39(37)45(43)34-11-5-2-6-12-34/h2*1-27H. The topological polar surface area (TPSA) is 9.86 Å². The van der Waals surface area contributed by atoms with E-state index in [0.29, 0.717) is 0 Å². The van der Waals surface area contributed by atoms with Gasteiger partial charge >= 0.3 is 0 Å². The summed E-state index contributed by atoms with van der Waals surface area (Å²) in [6.07, 6.45) is 0. The molecule has 0 spiro atoms. The zero-order chi connectivity index (χ0) is 61.8. The lowest BCUT2D eigenvalue weighted by Gasteiger charge is -2.09. The van der Waals surface area contributed by atoms with Crippen LogP contribution in [0.5, 0.6) is 0 Å². The highest BCUT2D eigenvalue weighted by molar-refractivity contribution is 7.28. The summed E-state index contributed by atoms with van der Waals surface area (Å²) < 4.78 is 15.5. The van der Waals surface area contributed by atoms with E-state index in [1.165, 1.54) is 181 Å². The maximum Gasteiger partial charge on any atom is 0.0727 e. The predicted octanol–water partition coefficient (Wildman–Crippen LogP) is 26.7. The second-order valence-corrected chi connectivity index (χ2v) is 28.4. The van der Waals surface area contributed by atoms with Gasteiger partial charge in [-0.05, 0) is 140 Å². The fourth-order valence-corrected chi connectivity index (χ4v) is 19.3. The first-order valence-corrected chi connectivity index (χ1v) is 35.1. The zero-order valence-corrected chi connectivity index (χ0v) is 54.0. The highest BCUT2D eigenvalue weighted by Gasteiger charge is 2.21. The summed E-state index contributed by atoms with van der Waals surface area (Å²) in [6, 6.07) is 120. The number of hydrogen-bond acceptors (Lipinski definition) is 4. The molecule has 0 N–H and O–H groups in total. The van der Waals surface area contributed by atoms with Crippen LogP contribution in [0.15, 0.2) is 328 Å². The third-order valence-electron chi connectivity index (χ3n) is 18.8. The van der Waals surface area contributed by atoms with E-state index >= 15 is 0 Å². The predicted molar refractivity (Wildman–Crippen MR) is 411 cm³/mol. The van der Waals surface area contributed by atoms with Gasteiger partial charge in [0.1, 0.15) is 0 Å². The van der Waals surface area contributed by atoms with Crippen LogP contribution < -0.4 is 0 Å². The first-order chi connectivity index (χ1) is 46.6. The maximum absolute atomic E-state index is 2.44. The van der Waals surface area contributed by atoms with Gasteiger partial charge in [0.15, 0.2) is 0 Å². The largest absolute Gasteiger partial charge is 0.308 e. The Balaban J connectivity index is 0.000000133. The Morgan fingerprint density at radius 1 is 0.181 bits per heavy atom. The molecule has 0 saturated heterocycles. The van der Waals surface area contributed by atoms with E-state index in [1.807, 2.05) is 45.3 Å². The van der Waals surface area contributed by atoms with E-state index in [-0.39, 0.29) is 0 Å². The normalized spacial score (nSPS) is 11.8. The Bertz CT molecular complexity index is 6300. The molecule has 0 aliphatic rings. The van der Waals surface area contributed by atoms with Gasteiger partial charge in [-0.25, -0.2) is 0 Å². The molecule has 0 bridgehead atoms. The molecule has 0 fully saturated rings. The Kier molecular flexibility index (Phi) is 13.1. The summed E-state index contributed by atoms with van der Waals surface area (Å²) in [5.41, 5.74) is 22.5. The van der Waals surface area contributed by atoms with Gasteiger partial charge in [0.05, 0.1) is 31.5 Å². The first-order valence-electron chi connectivity index (χ1n) is 31.9. The van der Waals surface area contributed by atoms with Gasteiger partial charge in [0.2, 0.25) is 0 Å². The molecule has 0 aliphatic carbocycles. The SMILES string of the molecule is c1ccc(-c2ccc3c(c2)sc2cc(-c4ccc(-c5ccc6sc7c8ccccc8n(-c8ccccc8)c7c6c5)cc4)ccc23)cc1.c1ccc(-c2cccc3c2sc2c(-c4ccc(-c5ccc6sc7c8ccccc8n(-c8ccccc8)c7c6c5)cc4)cccc23)cc1. The monoisotopic (exact) mass is 1270 g/mol. The molecule has 94 heavy (non-hydrogen) atoms. The molecule has 0 unspecified atom stereocenters. The van der Waals surface area contributed by atoms with Crippen molar-refractivity contribution in [2.75, 3.05) is 0 Å². The molecule has 6 aromatic heterocycles. The van der Waals surface area contributed by atoms with Crippen LogP contribution in [-0.2, 0) is 0 Å². The lowest BCUT2D eigenvalue weighted by atomic mass is 9.98. The highest BCUT2D eigenvalue weighted by Crippen LogP contribution is 2.48. The number of nitrogens with zero attached hydrogens (tertiary/aromatic N) is 2. The molecule has 2 nitrogen and oxygen atoms in total. The van der Waals surface area contributed by atoms with Crippen LogP contribution in [0.2, 0.25) is 0 Å². The Morgan fingerprint density at radius 2 is 0.521 bits per heavy atom. The van der Waals surface area contributed by atoms with Gasteiger partial charge in [-0.3, -0.25) is 0 Å². The number of hydrogen-bond donors (Lipinski definition) is 0. The average Bonchev–Trinajstić information content (AvgIpc) is 1.58.